The van der Waals surface area contributed by atoms with E-state index < -0.39 is 5.91 Å². The summed E-state index contributed by atoms with van der Waals surface area (Å²) in [4.78, 5) is 16.9. The first kappa shape index (κ1) is 24.3. The Morgan fingerprint density at radius 2 is 1.75 bits per heavy atom. The Morgan fingerprint density at radius 1 is 1.00 bits per heavy atom. The number of hydrogen-bond acceptors (Lipinski definition) is 6. The van der Waals surface area contributed by atoms with Crippen molar-refractivity contribution in [3.63, 3.8) is 0 Å². The summed E-state index contributed by atoms with van der Waals surface area (Å²) in [7, 11) is 0. The van der Waals surface area contributed by atoms with Crippen molar-refractivity contribution in [2.24, 2.45) is 10.1 Å². The number of nitrogens with one attached hydrogen (secondary N) is 1. The van der Waals surface area contributed by atoms with Crippen LogP contribution in [0.1, 0.15) is 11.1 Å². The van der Waals surface area contributed by atoms with Gasteiger partial charge in [-0.15, -0.1) is 0 Å². The highest BCUT2D eigenvalue weighted by atomic mass is 79.9. The van der Waals surface area contributed by atoms with Gasteiger partial charge in [0.1, 0.15) is 29.8 Å². The maximum Gasteiger partial charge on any atom is 0.283 e. The fourth-order valence-corrected chi connectivity index (χ4v) is 4.92. The highest BCUT2D eigenvalue weighted by Gasteiger charge is 2.36. The van der Waals surface area contributed by atoms with E-state index in [9.17, 15) is 4.79 Å². The van der Waals surface area contributed by atoms with Crippen molar-refractivity contribution in [1.82, 2.24) is 5.01 Å². The molecule has 2 aliphatic heterocycles. The second-order valence-corrected chi connectivity index (χ2v) is 9.91. The first-order valence-electron chi connectivity index (χ1n) is 10.8. The molecule has 2 heterocycles. The number of ether oxygens (including phenoxy) is 2. The van der Waals surface area contributed by atoms with Gasteiger partial charge < -0.3 is 9.47 Å². The van der Waals surface area contributed by atoms with Crippen molar-refractivity contribution in [3.05, 3.63) is 99.0 Å². The highest BCUT2D eigenvalue weighted by Crippen LogP contribution is 2.33. The summed E-state index contributed by atoms with van der Waals surface area (Å²) in [6.07, 6.45) is 1.61. The predicted molar refractivity (Wildman–Crippen MR) is 147 cm³/mol. The summed E-state index contributed by atoms with van der Waals surface area (Å²) in [5, 5.41) is 15.9. The highest BCUT2D eigenvalue weighted by molar-refractivity contribution is 9.10. The molecule has 0 unspecified atom stereocenters. The number of carbonyl (C=O) groups excluding carboxylic acids is 1. The van der Waals surface area contributed by atoms with Crippen LogP contribution in [0.2, 0.25) is 5.02 Å². The van der Waals surface area contributed by atoms with Gasteiger partial charge in [-0.25, -0.2) is 0 Å². The summed E-state index contributed by atoms with van der Waals surface area (Å²) in [6.45, 7) is 0.731. The van der Waals surface area contributed by atoms with Gasteiger partial charge in [-0.05, 0) is 65.9 Å². The first-order chi connectivity index (χ1) is 17.5. The number of halogens is 2. The van der Waals surface area contributed by atoms with Gasteiger partial charge in [0.25, 0.3) is 5.91 Å². The number of amides is 1. The van der Waals surface area contributed by atoms with E-state index in [0.29, 0.717) is 39.8 Å². The van der Waals surface area contributed by atoms with Crippen LogP contribution in [0.25, 0.3) is 6.08 Å². The Morgan fingerprint density at radius 3 is 2.53 bits per heavy atom. The Kier molecular flexibility index (Phi) is 7.22. The van der Waals surface area contributed by atoms with Crippen LogP contribution in [0.3, 0.4) is 0 Å². The molecule has 0 saturated carbocycles. The molecule has 0 saturated heterocycles. The predicted octanol–water partition coefficient (Wildman–Crippen LogP) is 6.23. The van der Waals surface area contributed by atoms with Crippen LogP contribution in [0, 0.1) is 5.41 Å². The van der Waals surface area contributed by atoms with Gasteiger partial charge in [-0.2, -0.15) is 15.1 Å². The summed E-state index contributed by atoms with van der Waals surface area (Å²) < 4.78 is 12.5. The van der Waals surface area contributed by atoms with E-state index in [0.717, 1.165) is 15.8 Å². The van der Waals surface area contributed by atoms with Gasteiger partial charge in [0.2, 0.25) is 5.17 Å². The molecule has 36 heavy (non-hydrogen) atoms. The van der Waals surface area contributed by atoms with E-state index in [2.05, 4.69) is 26.0 Å². The van der Waals surface area contributed by atoms with Crippen molar-refractivity contribution in [1.29, 1.82) is 5.41 Å². The third kappa shape index (κ3) is 5.38. The molecule has 1 N–H and O–H groups in total. The van der Waals surface area contributed by atoms with Gasteiger partial charge in [-0.3, -0.25) is 10.2 Å². The number of rotatable bonds is 7. The smallest absolute Gasteiger partial charge is 0.283 e. The van der Waals surface area contributed by atoms with Crippen LogP contribution in [-0.4, -0.2) is 40.2 Å². The number of nitrogens with zero attached hydrogens (tertiary/aromatic N) is 3. The number of benzene rings is 3. The van der Waals surface area contributed by atoms with Gasteiger partial charge in [-0.1, -0.05) is 57.9 Å². The fraction of sp³-hybridized carbons (Fsp3) is 0.0769. The van der Waals surface area contributed by atoms with Crippen molar-refractivity contribution in [2.75, 3.05) is 13.2 Å². The SMILES string of the molecule is N=C1C(=Cc2cccc(OCCOc3ccc(Br)cc3)c2)C(=O)N=C2SC(c3ccccc3Cl)=NN12. The Hall–Kier alpha value is -3.40. The maximum absolute atomic E-state index is 12.7. The van der Waals surface area contributed by atoms with E-state index in [4.69, 9.17) is 26.5 Å². The minimum atomic E-state index is -0.497. The fourth-order valence-electron chi connectivity index (χ4n) is 3.45. The molecule has 0 radical (unpaired) electrons. The second-order valence-electron chi connectivity index (χ2n) is 7.63. The van der Waals surface area contributed by atoms with Crippen LogP contribution >= 0.6 is 39.3 Å². The molecule has 0 fully saturated rings. The molecular weight excluding hydrogens is 564 g/mol. The summed E-state index contributed by atoms with van der Waals surface area (Å²) in [5.41, 5.74) is 1.57. The minimum absolute atomic E-state index is 0.0474. The van der Waals surface area contributed by atoms with Crippen LogP contribution < -0.4 is 9.47 Å². The monoisotopic (exact) mass is 580 g/mol. The maximum atomic E-state index is 12.7. The number of thioether (sulfide) groups is 1. The lowest BCUT2D eigenvalue weighted by Gasteiger charge is -2.20. The van der Waals surface area contributed by atoms with Gasteiger partial charge in [0.15, 0.2) is 5.84 Å². The lowest BCUT2D eigenvalue weighted by Crippen LogP contribution is -2.35. The summed E-state index contributed by atoms with van der Waals surface area (Å²) >= 11 is 10.9. The first-order valence-corrected chi connectivity index (χ1v) is 12.8. The summed E-state index contributed by atoms with van der Waals surface area (Å²) in [5.74, 6) is 0.839. The number of fused-ring (bicyclic) bond motifs is 1. The molecule has 3 aromatic carbocycles. The number of amidine groups is 2. The van der Waals surface area contributed by atoms with Gasteiger partial charge in [0, 0.05) is 10.0 Å². The topological polar surface area (TPSA) is 87.3 Å². The second kappa shape index (κ2) is 10.7. The number of hydrazone groups is 1. The van der Waals surface area contributed by atoms with Crippen LogP contribution in [0.15, 0.2) is 92.9 Å². The lowest BCUT2D eigenvalue weighted by atomic mass is 10.1. The molecule has 3 aromatic rings. The van der Waals surface area contributed by atoms with Crippen molar-refractivity contribution in [2.45, 2.75) is 0 Å². The van der Waals surface area contributed by atoms with Crippen molar-refractivity contribution in [3.8, 4) is 11.5 Å². The van der Waals surface area contributed by atoms with Crippen LogP contribution in [0.4, 0.5) is 0 Å². The Bertz CT molecular complexity index is 1440. The average Bonchev–Trinajstić information content (AvgIpc) is 3.30. The molecule has 180 valence electrons. The van der Waals surface area contributed by atoms with Crippen molar-refractivity contribution < 1.29 is 14.3 Å². The molecule has 2 aliphatic rings. The molecule has 5 rings (SSSR count). The molecule has 1 amide bonds. The lowest BCUT2D eigenvalue weighted by molar-refractivity contribution is -0.114. The standard InChI is InChI=1S/C26H18BrClN4O3S/c27-17-8-10-18(11-9-17)34-12-13-35-19-5-3-4-16(14-19)15-21-23(29)32-26(30-24(21)33)36-25(31-32)20-6-1-2-7-22(20)28/h1-11,14-15,29H,12-13H2. The molecule has 7 nitrogen and oxygen atoms in total. The normalized spacial score (nSPS) is 16.1. The third-order valence-electron chi connectivity index (χ3n) is 5.16. The quantitative estimate of drug-likeness (QED) is 0.264. The zero-order valence-electron chi connectivity index (χ0n) is 18.7. The van der Waals surface area contributed by atoms with Crippen LogP contribution in [0.5, 0.6) is 11.5 Å². The van der Waals surface area contributed by atoms with Gasteiger partial charge in [0.05, 0.1) is 10.6 Å². The van der Waals surface area contributed by atoms with Gasteiger partial charge >= 0.3 is 0 Å². The zero-order valence-corrected chi connectivity index (χ0v) is 21.8. The van der Waals surface area contributed by atoms with E-state index in [1.807, 2.05) is 60.7 Å². The minimum Gasteiger partial charge on any atom is -0.490 e. The van der Waals surface area contributed by atoms with E-state index >= 15 is 0 Å². The van der Waals surface area contributed by atoms with Crippen molar-refractivity contribution >= 4 is 67.3 Å². The third-order valence-corrected chi connectivity index (χ3v) is 6.96. The molecule has 0 spiro atoms. The Labute approximate surface area is 225 Å². The molecule has 10 heteroatoms. The Balaban J connectivity index is 1.27. The summed E-state index contributed by atoms with van der Waals surface area (Å²) in [6, 6.07) is 22.1. The molecule has 0 aromatic heterocycles. The molecule has 0 atom stereocenters. The number of aliphatic imine (C=N–C) groups is 1. The molecule has 0 aliphatic carbocycles. The average molecular weight is 582 g/mol. The molecular formula is C26H18BrClN4O3S. The van der Waals surface area contributed by atoms with E-state index in [1.165, 1.54) is 16.8 Å². The van der Waals surface area contributed by atoms with E-state index in [-0.39, 0.29) is 11.4 Å². The number of hydrogen-bond donors (Lipinski definition) is 1. The number of carbonyl (C=O) groups is 1. The zero-order chi connectivity index (χ0) is 25.1. The molecule has 0 bridgehead atoms. The van der Waals surface area contributed by atoms with Crippen LogP contribution in [-0.2, 0) is 4.79 Å². The largest absolute Gasteiger partial charge is 0.490 e. The van der Waals surface area contributed by atoms with E-state index in [1.54, 1.807) is 18.2 Å².